The van der Waals surface area contributed by atoms with E-state index in [2.05, 4.69) is 26.9 Å². The lowest BCUT2D eigenvalue weighted by atomic mass is 10.2. The van der Waals surface area contributed by atoms with Crippen molar-refractivity contribution in [2.45, 2.75) is 6.42 Å². The summed E-state index contributed by atoms with van der Waals surface area (Å²) in [4.78, 5) is 15.9. The number of amides is 1. The molecule has 0 radical (unpaired) electrons. The van der Waals surface area contributed by atoms with E-state index in [1.54, 1.807) is 12.1 Å². The number of para-hydroxylation sites is 1. The van der Waals surface area contributed by atoms with Gasteiger partial charge < -0.3 is 16.0 Å². The summed E-state index contributed by atoms with van der Waals surface area (Å²) in [5.74, 6) is 2.90. The number of aromatic nitrogens is 1. The van der Waals surface area contributed by atoms with Crippen LogP contribution in [-0.4, -0.2) is 30.5 Å². The Balaban J connectivity index is 1.68. The number of benzene rings is 1. The second-order valence-electron chi connectivity index (χ2n) is 4.89. The molecule has 1 aromatic carbocycles. The Kier molecular flexibility index (Phi) is 6.48. The summed E-state index contributed by atoms with van der Waals surface area (Å²) in [7, 11) is 0. The number of nitrogens with one attached hydrogen (secondary N) is 3. The molecule has 1 heterocycles. The minimum absolute atomic E-state index is 0.214. The molecule has 5 nitrogen and oxygen atoms in total. The van der Waals surface area contributed by atoms with Crippen LogP contribution in [0.5, 0.6) is 0 Å². The molecule has 0 spiro atoms. The lowest BCUT2D eigenvalue weighted by Gasteiger charge is -2.08. The molecule has 2 aromatic rings. The van der Waals surface area contributed by atoms with Crippen LogP contribution >= 0.6 is 0 Å². The predicted molar refractivity (Wildman–Crippen MR) is 93.4 cm³/mol. The van der Waals surface area contributed by atoms with Crippen LogP contribution in [0.4, 0.5) is 11.5 Å². The van der Waals surface area contributed by atoms with Crippen LogP contribution in [0.1, 0.15) is 16.8 Å². The molecule has 1 aromatic heterocycles. The van der Waals surface area contributed by atoms with E-state index in [0.717, 1.165) is 31.0 Å². The van der Waals surface area contributed by atoms with Gasteiger partial charge in [-0.2, -0.15) is 0 Å². The minimum atomic E-state index is -0.214. The third kappa shape index (κ3) is 5.71. The molecule has 0 saturated carbocycles. The van der Waals surface area contributed by atoms with Crippen molar-refractivity contribution >= 4 is 17.4 Å². The number of terminal acetylenes is 1. The van der Waals surface area contributed by atoms with E-state index in [1.807, 2.05) is 30.3 Å². The van der Waals surface area contributed by atoms with Crippen molar-refractivity contribution in [3.63, 3.8) is 0 Å². The molecule has 0 aliphatic heterocycles. The normalized spacial score (nSPS) is 9.70. The van der Waals surface area contributed by atoms with Gasteiger partial charge >= 0.3 is 0 Å². The van der Waals surface area contributed by atoms with E-state index >= 15 is 0 Å². The molecule has 2 rings (SSSR count). The van der Waals surface area contributed by atoms with Gasteiger partial charge in [0.2, 0.25) is 0 Å². The number of anilines is 2. The number of carbonyl (C=O) groups is 1. The second-order valence-corrected chi connectivity index (χ2v) is 4.89. The predicted octanol–water partition coefficient (Wildman–Crippen LogP) is 2.36. The standard InChI is InChI=1S/C18H20N4O/c1-2-11-21-18(23)15-9-10-17(22-14-15)20-13-6-12-19-16-7-4-3-5-8-16/h1,3-5,7-10,14,19H,6,11-13H2,(H,20,22)(H,21,23). The van der Waals surface area contributed by atoms with Crippen LogP contribution in [0.2, 0.25) is 0 Å². The molecule has 0 aliphatic rings. The highest BCUT2D eigenvalue weighted by Gasteiger charge is 2.04. The van der Waals surface area contributed by atoms with Gasteiger partial charge in [-0.15, -0.1) is 6.42 Å². The first-order chi connectivity index (χ1) is 11.3. The first-order valence-corrected chi connectivity index (χ1v) is 7.50. The molecule has 3 N–H and O–H groups in total. The fraction of sp³-hybridized carbons (Fsp3) is 0.222. The van der Waals surface area contributed by atoms with E-state index in [1.165, 1.54) is 6.20 Å². The monoisotopic (exact) mass is 308 g/mol. The van der Waals surface area contributed by atoms with Gasteiger partial charge in [-0.25, -0.2) is 4.98 Å². The average Bonchev–Trinajstić information content (AvgIpc) is 2.61. The zero-order valence-corrected chi connectivity index (χ0v) is 12.9. The maximum Gasteiger partial charge on any atom is 0.253 e. The highest BCUT2D eigenvalue weighted by Crippen LogP contribution is 2.06. The summed E-state index contributed by atoms with van der Waals surface area (Å²) >= 11 is 0. The molecule has 0 atom stereocenters. The topological polar surface area (TPSA) is 66.1 Å². The molecule has 0 saturated heterocycles. The van der Waals surface area contributed by atoms with Crippen LogP contribution in [-0.2, 0) is 0 Å². The molecule has 118 valence electrons. The smallest absolute Gasteiger partial charge is 0.253 e. The Morgan fingerprint density at radius 2 is 1.87 bits per heavy atom. The van der Waals surface area contributed by atoms with Crippen molar-refractivity contribution in [3.05, 3.63) is 54.2 Å². The fourth-order valence-electron chi connectivity index (χ4n) is 1.96. The molecule has 0 aliphatic carbocycles. The van der Waals surface area contributed by atoms with Crippen molar-refractivity contribution in [1.29, 1.82) is 0 Å². The van der Waals surface area contributed by atoms with Gasteiger partial charge in [0.1, 0.15) is 5.82 Å². The van der Waals surface area contributed by atoms with Crippen LogP contribution < -0.4 is 16.0 Å². The molecular formula is C18H20N4O. The number of pyridine rings is 1. The van der Waals surface area contributed by atoms with Crippen LogP contribution in [0.3, 0.4) is 0 Å². The Morgan fingerprint density at radius 3 is 2.57 bits per heavy atom. The van der Waals surface area contributed by atoms with Crippen molar-refractivity contribution < 1.29 is 4.79 Å². The van der Waals surface area contributed by atoms with Crippen molar-refractivity contribution in [2.24, 2.45) is 0 Å². The van der Waals surface area contributed by atoms with Crippen LogP contribution in [0.15, 0.2) is 48.7 Å². The van der Waals surface area contributed by atoms with E-state index in [9.17, 15) is 4.79 Å². The van der Waals surface area contributed by atoms with Gasteiger partial charge in [0, 0.05) is 25.0 Å². The first-order valence-electron chi connectivity index (χ1n) is 7.50. The van der Waals surface area contributed by atoms with Gasteiger partial charge in [-0.3, -0.25) is 4.79 Å². The lowest BCUT2D eigenvalue weighted by molar-refractivity contribution is 0.0958. The van der Waals surface area contributed by atoms with E-state index < -0.39 is 0 Å². The largest absolute Gasteiger partial charge is 0.385 e. The van der Waals surface area contributed by atoms with E-state index in [4.69, 9.17) is 6.42 Å². The number of rotatable bonds is 8. The molecule has 5 heteroatoms. The maximum absolute atomic E-state index is 11.7. The molecule has 0 bridgehead atoms. The quantitative estimate of drug-likeness (QED) is 0.517. The molecule has 1 amide bonds. The fourth-order valence-corrected chi connectivity index (χ4v) is 1.96. The second kappa shape index (κ2) is 9.11. The highest BCUT2D eigenvalue weighted by atomic mass is 16.1. The summed E-state index contributed by atoms with van der Waals surface area (Å²) in [6.07, 6.45) is 7.60. The van der Waals surface area contributed by atoms with Crippen molar-refractivity contribution in [1.82, 2.24) is 10.3 Å². The number of nitrogens with zero attached hydrogens (tertiary/aromatic N) is 1. The van der Waals surface area contributed by atoms with E-state index in [-0.39, 0.29) is 12.5 Å². The number of hydrogen-bond donors (Lipinski definition) is 3. The lowest BCUT2D eigenvalue weighted by Crippen LogP contribution is -2.23. The van der Waals surface area contributed by atoms with Gasteiger partial charge in [0.15, 0.2) is 0 Å². The van der Waals surface area contributed by atoms with Crippen molar-refractivity contribution in [2.75, 3.05) is 30.3 Å². The van der Waals surface area contributed by atoms with Gasteiger partial charge in [0.25, 0.3) is 5.91 Å². The Bertz CT molecular complexity index is 647. The van der Waals surface area contributed by atoms with Gasteiger partial charge in [0.05, 0.1) is 12.1 Å². The highest BCUT2D eigenvalue weighted by molar-refractivity contribution is 5.94. The Morgan fingerprint density at radius 1 is 1.09 bits per heavy atom. The molecule has 0 fully saturated rings. The first kappa shape index (κ1) is 16.4. The minimum Gasteiger partial charge on any atom is -0.385 e. The summed E-state index contributed by atoms with van der Waals surface area (Å²) in [6, 6.07) is 13.6. The SMILES string of the molecule is C#CCNC(=O)c1ccc(NCCCNc2ccccc2)nc1. The van der Waals surface area contributed by atoms with Crippen LogP contribution in [0, 0.1) is 12.3 Å². The number of carbonyl (C=O) groups excluding carboxylic acids is 1. The van der Waals surface area contributed by atoms with Gasteiger partial charge in [-0.05, 0) is 30.7 Å². The molecular weight excluding hydrogens is 288 g/mol. The van der Waals surface area contributed by atoms with Crippen LogP contribution in [0.25, 0.3) is 0 Å². The summed E-state index contributed by atoms with van der Waals surface area (Å²) in [5, 5.41) is 9.17. The van der Waals surface area contributed by atoms with Gasteiger partial charge in [-0.1, -0.05) is 24.1 Å². The summed E-state index contributed by atoms with van der Waals surface area (Å²) in [5.41, 5.74) is 1.62. The number of hydrogen-bond acceptors (Lipinski definition) is 4. The van der Waals surface area contributed by atoms with Crippen molar-refractivity contribution in [3.8, 4) is 12.3 Å². The zero-order chi connectivity index (χ0) is 16.3. The third-order valence-electron chi connectivity index (χ3n) is 3.14. The Hall–Kier alpha value is -3.00. The zero-order valence-electron chi connectivity index (χ0n) is 12.9. The molecule has 0 unspecified atom stereocenters. The summed E-state index contributed by atoms with van der Waals surface area (Å²) < 4.78 is 0. The maximum atomic E-state index is 11.7. The Labute approximate surface area is 136 Å². The molecule has 23 heavy (non-hydrogen) atoms. The summed E-state index contributed by atoms with van der Waals surface area (Å²) in [6.45, 7) is 1.90. The van der Waals surface area contributed by atoms with E-state index in [0.29, 0.717) is 5.56 Å². The average molecular weight is 308 g/mol. The third-order valence-corrected chi connectivity index (χ3v) is 3.14.